The van der Waals surface area contributed by atoms with Crippen LogP contribution in [0.5, 0.6) is 5.75 Å². The fraction of sp³-hybridized carbons (Fsp3) is 0.318. The highest BCUT2D eigenvalue weighted by atomic mass is 16.5. The summed E-state index contributed by atoms with van der Waals surface area (Å²) in [4.78, 5) is 4.63. The van der Waals surface area contributed by atoms with Crippen LogP contribution in [0.2, 0.25) is 0 Å². The minimum absolute atomic E-state index is 0.00588. The largest absolute Gasteiger partial charge is 0.490 e. The highest BCUT2D eigenvalue weighted by Crippen LogP contribution is 2.36. The zero-order valence-corrected chi connectivity index (χ0v) is 16.9. The molecule has 0 amide bonds. The molecule has 3 aromatic rings. The number of hydrogen-bond donors (Lipinski definition) is 1. The maximum Gasteiger partial charge on any atom is 0.258 e. The molecule has 1 heterocycles. The highest BCUT2D eigenvalue weighted by Gasteiger charge is 2.23. The third-order valence-corrected chi connectivity index (χ3v) is 5.23. The molecule has 0 bridgehead atoms. The van der Waals surface area contributed by atoms with Crippen molar-refractivity contribution in [1.29, 1.82) is 5.26 Å². The number of ether oxygens (including phenoxy) is 1. The first kappa shape index (κ1) is 19.2. The lowest BCUT2D eigenvalue weighted by molar-refractivity contribution is 0.242. The number of nitriles is 1. The molecule has 1 aliphatic carbocycles. The maximum atomic E-state index is 9.46. The van der Waals surface area contributed by atoms with Gasteiger partial charge < -0.3 is 14.5 Å². The Labute approximate surface area is 171 Å². The van der Waals surface area contributed by atoms with E-state index in [0.29, 0.717) is 34.6 Å². The van der Waals surface area contributed by atoms with Gasteiger partial charge in [0.05, 0.1) is 11.7 Å². The number of aromatic nitrogens is 2. The number of benzene rings is 2. The SMILES string of the molecule is BN[C@H]1CCCc2c(-c3noc(-c4ccc(OC(C)C)c(C#N)c4)n3)cccc21. The van der Waals surface area contributed by atoms with Crippen LogP contribution in [-0.4, -0.2) is 24.2 Å². The molecule has 29 heavy (non-hydrogen) atoms. The molecule has 0 spiro atoms. The van der Waals surface area contributed by atoms with Crippen molar-refractivity contribution in [3.63, 3.8) is 0 Å². The van der Waals surface area contributed by atoms with E-state index < -0.39 is 0 Å². The van der Waals surface area contributed by atoms with Crippen LogP contribution in [0, 0.1) is 11.3 Å². The van der Waals surface area contributed by atoms with Gasteiger partial charge in [-0.3, -0.25) is 0 Å². The van der Waals surface area contributed by atoms with Gasteiger partial charge in [-0.2, -0.15) is 10.2 Å². The predicted molar refractivity (Wildman–Crippen MR) is 113 cm³/mol. The summed E-state index contributed by atoms with van der Waals surface area (Å²) < 4.78 is 11.2. The predicted octanol–water partition coefficient (Wildman–Crippen LogP) is 3.58. The van der Waals surface area contributed by atoms with E-state index in [9.17, 15) is 5.26 Å². The van der Waals surface area contributed by atoms with Crippen molar-refractivity contribution in [3.8, 4) is 34.7 Å². The van der Waals surface area contributed by atoms with E-state index in [2.05, 4.69) is 27.5 Å². The summed E-state index contributed by atoms with van der Waals surface area (Å²) in [6, 6.07) is 14.2. The van der Waals surface area contributed by atoms with Crippen LogP contribution in [0.25, 0.3) is 22.8 Å². The van der Waals surface area contributed by atoms with Crippen molar-refractivity contribution in [2.45, 2.75) is 45.3 Å². The number of nitrogens with one attached hydrogen (secondary N) is 1. The van der Waals surface area contributed by atoms with E-state index in [1.165, 1.54) is 11.1 Å². The van der Waals surface area contributed by atoms with Crippen LogP contribution in [0.3, 0.4) is 0 Å². The highest BCUT2D eigenvalue weighted by molar-refractivity contribution is 6.04. The molecule has 146 valence electrons. The summed E-state index contributed by atoms with van der Waals surface area (Å²) in [5, 5.41) is 17.1. The molecule has 1 aliphatic rings. The van der Waals surface area contributed by atoms with Gasteiger partial charge in [0, 0.05) is 17.2 Å². The number of fused-ring (bicyclic) bond motifs is 1. The quantitative estimate of drug-likeness (QED) is 0.675. The average Bonchev–Trinajstić information content (AvgIpc) is 3.22. The molecule has 7 heteroatoms. The fourth-order valence-electron chi connectivity index (χ4n) is 3.92. The van der Waals surface area contributed by atoms with Gasteiger partial charge in [-0.15, -0.1) is 0 Å². The summed E-state index contributed by atoms with van der Waals surface area (Å²) in [5.74, 6) is 1.53. The molecule has 4 rings (SSSR count). The second-order valence-corrected chi connectivity index (χ2v) is 7.52. The van der Waals surface area contributed by atoms with E-state index >= 15 is 0 Å². The molecule has 0 saturated carbocycles. The molecule has 0 saturated heterocycles. The van der Waals surface area contributed by atoms with Gasteiger partial charge >= 0.3 is 0 Å². The van der Waals surface area contributed by atoms with E-state index in [1.807, 2.05) is 40.0 Å². The third kappa shape index (κ3) is 3.76. The summed E-state index contributed by atoms with van der Waals surface area (Å²) >= 11 is 0. The van der Waals surface area contributed by atoms with Gasteiger partial charge in [0.15, 0.2) is 7.98 Å². The Morgan fingerprint density at radius 1 is 1.31 bits per heavy atom. The molecule has 2 aromatic carbocycles. The van der Waals surface area contributed by atoms with Gasteiger partial charge in [0.25, 0.3) is 5.89 Å². The van der Waals surface area contributed by atoms with Gasteiger partial charge in [-0.05, 0) is 62.4 Å². The minimum atomic E-state index is -0.00588. The summed E-state index contributed by atoms with van der Waals surface area (Å²) in [7, 11) is 2.00. The smallest absolute Gasteiger partial charge is 0.258 e. The average molecular weight is 386 g/mol. The summed E-state index contributed by atoms with van der Waals surface area (Å²) in [5.41, 5.74) is 4.75. The van der Waals surface area contributed by atoms with E-state index in [-0.39, 0.29) is 6.10 Å². The van der Waals surface area contributed by atoms with Crippen LogP contribution in [0.15, 0.2) is 40.9 Å². The van der Waals surface area contributed by atoms with Crippen LogP contribution in [0.1, 0.15) is 49.4 Å². The fourth-order valence-corrected chi connectivity index (χ4v) is 3.92. The zero-order chi connectivity index (χ0) is 20.4. The second kappa shape index (κ2) is 8.10. The molecule has 0 fully saturated rings. The molecular weight excluding hydrogens is 363 g/mol. The number of rotatable bonds is 5. The summed E-state index contributed by atoms with van der Waals surface area (Å²) in [6.45, 7) is 3.86. The van der Waals surface area contributed by atoms with E-state index in [4.69, 9.17) is 9.26 Å². The Morgan fingerprint density at radius 2 is 2.17 bits per heavy atom. The molecule has 0 aliphatic heterocycles. The first-order valence-electron chi connectivity index (χ1n) is 9.95. The Balaban J connectivity index is 1.69. The van der Waals surface area contributed by atoms with Crippen LogP contribution in [0.4, 0.5) is 0 Å². The Bertz CT molecular complexity index is 1070. The van der Waals surface area contributed by atoms with Crippen molar-refractivity contribution in [3.05, 3.63) is 53.1 Å². The van der Waals surface area contributed by atoms with Crippen molar-refractivity contribution < 1.29 is 9.26 Å². The second-order valence-electron chi connectivity index (χ2n) is 7.52. The molecule has 0 radical (unpaired) electrons. The Morgan fingerprint density at radius 3 is 2.93 bits per heavy atom. The van der Waals surface area contributed by atoms with Crippen LogP contribution in [-0.2, 0) is 6.42 Å². The lowest BCUT2D eigenvalue weighted by atomic mass is 9.84. The number of nitrogens with zero attached hydrogens (tertiary/aromatic N) is 3. The van der Waals surface area contributed by atoms with Gasteiger partial charge in [0.1, 0.15) is 11.8 Å². The van der Waals surface area contributed by atoms with Crippen molar-refractivity contribution in [1.82, 2.24) is 15.4 Å². The van der Waals surface area contributed by atoms with Crippen molar-refractivity contribution in [2.75, 3.05) is 0 Å². The van der Waals surface area contributed by atoms with Gasteiger partial charge in [-0.1, -0.05) is 23.4 Å². The lowest BCUT2D eigenvalue weighted by Gasteiger charge is -2.26. The van der Waals surface area contributed by atoms with Crippen molar-refractivity contribution in [2.24, 2.45) is 0 Å². The zero-order valence-electron chi connectivity index (χ0n) is 16.9. The van der Waals surface area contributed by atoms with E-state index in [1.54, 1.807) is 12.1 Å². The molecule has 6 nitrogen and oxygen atoms in total. The Hall–Kier alpha value is -3.11. The standard InChI is InChI=1S/C22H23BN4O2/c1-13(2)28-20-10-9-14(11-15(20)12-24)22-25-21(27-29-22)18-7-3-6-17-16(18)5-4-8-19(17)26-23/h3,6-7,9-11,13,19,26H,4-5,8,23H2,1-2H3/t19-/m0/s1. The number of hydrogen-bond acceptors (Lipinski definition) is 6. The molecule has 1 atom stereocenters. The van der Waals surface area contributed by atoms with Crippen LogP contribution >= 0.6 is 0 Å². The first-order chi connectivity index (χ1) is 14.1. The Kier molecular flexibility index (Phi) is 5.37. The normalized spacial score (nSPS) is 15.7. The molecule has 0 unspecified atom stereocenters. The van der Waals surface area contributed by atoms with Gasteiger partial charge in [-0.25, -0.2) is 0 Å². The third-order valence-electron chi connectivity index (χ3n) is 5.23. The van der Waals surface area contributed by atoms with Gasteiger partial charge in [0.2, 0.25) is 5.82 Å². The lowest BCUT2D eigenvalue weighted by Crippen LogP contribution is -2.23. The molecule has 1 N–H and O–H groups in total. The van der Waals surface area contributed by atoms with Crippen LogP contribution < -0.4 is 9.96 Å². The summed E-state index contributed by atoms with van der Waals surface area (Å²) in [6.07, 6.45) is 3.26. The molecular formula is C22H23BN4O2. The van der Waals surface area contributed by atoms with E-state index in [0.717, 1.165) is 24.8 Å². The first-order valence-corrected chi connectivity index (χ1v) is 9.95. The monoisotopic (exact) mass is 386 g/mol. The topological polar surface area (TPSA) is 84.0 Å². The van der Waals surface area contributed by atoms with Crippen molar-refractivity contribution >= 4 is 7.98 Å². The maximum absolute atomic E-state index is 9.46. The molecule has 1 aromatic heterocycles. The minimum Gasteiger partial charge on any atom is -0.490 e.